The average Bonchev–Trinajstić information content (AvgIpc) is 3.25. The van der Waals surface area contributed by atoms with Crippen LogP contribution in [-0.4, -0.2) is 28.6 Å². The predicted molar refractivity (Wildman–Crippen MR) is 79.4 cm³/mol. The first kappa shape index (κ1) is 14.5. The van der Waals surface area contributed by atoms with Crippen LogP contribution in [-0.2, 0) is 4.79 Å². The van der Waals surface area contributed by atoms with E-state index in [-0.39, 0.29) is 18.2 Å². The fraction of sp³-hybridized carbons (Fsp3) is 0.0667. The van der Waals surface area contributed by atoms with Crippen LogP contribution in [0.15, 0.2) is 57.9 Å². The van der Waals surface area contributed by atoms with Gasteiger partial charge in [-0.15, -0.1) is 10.2 Å². The third-order valence-electron chi connectivity index (χ3n) is 2.91. The lowest BCUT2D eigenvalue weighted by molar-refractivity contribution is -0.115. The summed E-state index contributed by atoms with van der Waals surface area (Å²) in [6.07, 6.45) is 2.61. The number of hydrogen-bond acceptors (Lipinski definition) is 6. The summed E-state index contributed by atoms with van der Waals surface area (Å²) in [6.45, 7) is -0.176. The summed E-state index contributed by atoms with van der Waals surface area (Å²) in [7, 11) is 0. The van der Waals surface area contributed by atoms with Gasteiger partial charge in [0.25, 0.3) is 5.91 Å². The molecular weight excluding hydrogens is 300 g/mol. The van der Waals surface area contributed by atoms with Crippen molar-refractivity contribution in [2.24, 2.45) is 0 Å². The molecule has 1 aromatic carbocycles. The van der Waals surface area contributed by atoms with Gasteiger partial charge in [0.1, 0.15) is 0 Å². The van der Waals surface area contributed by atoms with E-state index < -0.39 is 5.91 Å². The Morgan fingerprint density at radius 3 is 2.78 bits per heavy atom. The molecule has 0 bridgehead atoms. The highest BCUT2D eigenvalue weighted by Crippen LogP contribution is 2.20. The zero-order valence-electron chi connectivity index (χ0n) is 11.9. The molecule has 0 saturated heterocycles. The number of rotatable bonds is 5. The van der Waals surface area contributed by atoms with Crippen molar-refractivity contribution in [2.75, 3.05) is 11.9 Å². The molecule has 0 spiro atoms. The fourth-order valence-corrected chi connectivity index (χ4v) is 1.89. The second-order valence-corrected chi connectivity index (χ2v) is 4.53. The van der Waals surface area contributed by atoms with Crippen LogP contribution in [0.3, 0.4) is 0 Å². The maximum atomic E-state index is 11.9. The zero-order valence-corrected chi connectivity index (χ0v) is 11.9. The molecule has 2 N–H and O–H groups in total. The van der Waals surface area contributed by atoms with Gasteiger partial charge in [-0.25, -0.2) is 0 Å². The van der Waals surface area contributed by atoms with Crippen molar-refractivity contribution in [1.29, 1.82) is 0 Å². The third kappa shape index (κ3) is 3.62. The van der Waals surface area contributed by atoms with Crippen molar-refractivity contribution in [3.8, 4) is 11.5 Å². The normalized spacial score (nSPS) is 10.3. The Bertz CT molecular complexity index is 797. The quantitative estimate of drug-likeness (QED) is 0.742. The molecule has 2 heterocycles. The lowest BCUT2D eigenvalue weighted by atomic mass is 10.2. The molecule has 0 saturated carbocycles. The second kappa shape index (κ2) is 6.56. The molecule has 3 aromatic rings. The molecular formula is C15H12N4O4. The van der Waals surface area contributed by atoms with Crippen LogP contribution >= 0.6 is 0 Å². The summed E-state index contributed by atoms with van der Waals surface area (Å²) in [5, 5.41) is 12.5. The number of carbonyl (C=O) groups is 2. The number of aromatic nitrogens is 2. The number of anilines is 1. The van der Waals surface area contributed by atoms with E-state index in [0.717, 1.165) is 0 Å². The molecule has 3 rings (SSSR count). The lowest BCUT2D eigenvalue weighted by Crippen LogP contribution is -2.32. The maximum absolute atomic E-state index is 11.9. The van der Waals surface area contributed by atoms with Crippen LogP contribution in [0.4, 0.5) is 5.69 Å². The number of hydrogen-bond donors (Lipinski definition) is 2. The molecule has 0 atom stereocenters. The highest BCUT2D eigenvalue weighted by atomic mass is 16.4. The minimum Gasteiger partial charge on any atom is -0.459 e. The number of nitrogens with one attached hydrogen (secondary N) is 2. The highest BCUT2D eigenvalue weighted by molar-refractivity contribution is 5.98. The molecule has 8 heteroatoms. The van der Waals surface area contributed by atoms with Gasteiger partial charge in [-0.3, -0.25) is 9.59 Å². The maximum Gasteiger partial charge on any atom is 0.287 e. The van der Waals surface area contributed by atoms with E-state index in [1.807, 2.05) is 0 Å². The van der Waals surface area contributed by atoms with Crippen molar-refractivity contribution in [2.45, 2.75) is 0 Å². The van der Waals surface area contributed by atoms with Crippen molar-refractivity contribution in [3.63, 3.8) is 0 Å². The first-order valence-corrected chi connectivity index (χ1v) is 6.70. The van der Waals surface area contributed by atoms with Crippen LogP contribution in [0, 0.1) is 0 Å². The Morgan fingerprint density at radius 2 is 2.04 bits per heavy atom. The SMILES string of the molecule is O=C(CNC(=O)c1ccco1)Nc1cccc(-c2nnco2)c1. The van der Waals surface area contributed by atoms with E-state index in [0.29, 0.717) is 17.1 Å². The van der Waals surface area contributed by atoms with E-state index >= 15 is 0 Å². The molecule has 0 unspecified atom stereocenters. The minimum absolute atomic E-state index is 0.149. The Kier molecular flexibility index (Phi) is 4.14. The average molecular weight is 312 g/mol. The number of nitrogens with zero attached hydrogens (tertiary/aromatic N) is 2. The number of furan rings is 1. The molecule has 0 aliphatic carbocycles. The summed E-state index contributed by atoms with van der Waals surface area (Å²) in [5.41, 5.74) is 1.23. The summed E-state index contributed by atoms with van der Waals surface area (Å²) in [6, 6.07) is 10.0. The van der Waals surface area contributed by atoms with E-state index in [1.54, 1.807) is 30.3 Å². The molecule has 2 amide bonds. The van der Waals surface area contributed by atoms with Crippen molar-refractivity contribution < 1.29 is 18.4 Å². The molecule has 0 aliphatic heterocycles. The van der Waals surface area contributed by atoms with Gasteiger partial charge >= 0.3 is 0 Å². The van der Waals surface area contributed by atoms with E-state index in [2.05, 4.69) is 20.8 Å². The largest absolute Gasteiger partial charge is 0.459 e. The van der Waals surface area contributed by atoms with Gasteiger partial charge < -0.3 is 19.5 Å². The number of benzene rings is 1. The first-order valence-electron chi connectivity index (χ1n) is 6.70. The van der Waals surface area contributed by atoms with Crippen LogP contribution < -0.4 is 10.6 Å². The van der Waals surface area contributed by atoms with Gasteiger partial charge in [0.2, 0.25) is 18.2 Å². The Balaban J connectivity index is 1.58. The summed E-state index contributed by atoms with van der Waals surface area (Å²) in [5.74, 6) is -0.319. The molecule has 23 heavy (non-hydrogen) atoms. The summed E-state index contributed by atoms with van der Waals surface area (Å²) in [4.78, 5) is 23.5. The Labute approximate surface area is 130 Å². The standard InChI is InChI=1S/C15H12N4O4/c20-13(8-16-14(21)12-5-2-6-22-12)18-11-4-1-3-10(7-11)15-19-17-9-23-15/h1-7,9H,8H2,(H,16,21)(H,18,20). The van der Waals surface area contributed by atoms with Crippen molar-refractivity contribution in [1.82, 2.24) is 15.5 Å². The number of amides is 2. The zero-order chi connectivity index (χ0) is 16.1. The second-order valence-electron chi connectivity index (χ2n) is 4.53. The monoisotopic (exact) mass is 312 g/mol. The minimum atomic E-state index is -0.454. The van der Waals surface area contributed by atoms with Gasteiger partial charge in [-0.2, -0.15) is 0 Å². The molecule has 0 aliphatic rings. The van der Waals surface area contributed by atoms with Gasteiger partial charge in [0.15, 0.2) is 5.76 Å². The van der Waals surface area contributed by atoms with Crippen LogP contribution in [0.5, 0.6) is 0 Å². The van der Waals surface area contributed by atoms with Crippen molar-refractivity contribution in [3.05, 3.63) is 54.8 Å². The Morgan fingerprint density at radius 1 is 1.13 bits per heavy atom. The summed E-state index contributed by atoms with van der Waals surface area (Å²) < 4.78 is 10.0. The highest BCUT2D eigenvalue weighted by Gasteiger charge is 2.11. The van der Waals surface area contributed by atoms with Gasteiger partial charge in [0, 0.05) is 11.3 Å². The molecule has 116 valence electrons. The molecule has 0 fully saturated rings. The first-order chi connectivity index (χ1) is 11.2. The smallest absolute Gasteiger partial charge is 0.287 e. The Hall–Kier alpha value is -3.42. The summed E-state index contributed by atoms with van der Waals surface area (Å²) >= 11 is 0. The van der Waals surface area contributed by atoms with E-state index in [4.69, 9.17) is 8.83 Å². The molecule has 0 radical (unpaired) electrons. The van der Waals surface area contributed by atoms with Crippen LogP contribution in [0.1, 0.15) is 10.6 Å². The van der Waals surface area contributed by atoms with E-state index in [1.165, 1.54) is 18.7 Å². The topological polar surface area (TPSA) is 110 Å². The lowest BCUT2D eigenvalue weighted by Gasteiger charge is -2.07. The predicted octanol–water partition coefficient (Wildman–Crippen LogP) is 1.70. The van der Waals surface area contributed by atoms with Crippen molar-refractivity contribution >= 4 is 17.5 Å². The number of carbonyl (C=O) groups excluding carboxylic acids is 2. The van der Waals surface area contributed by atoms with E-state index in [9.17, 15) is 9.59 Å². The van der Waals surface area contributed by atoms with Gasteiger partial charge in [-0.1, -0.05) is 6.07 Å². The molecule has 2 aromatic heterocycles. The van der Waals surface area contributed by atoms with Gasteiger partial charge in [-0.05, 0) is 30.3 Å². The third-order valence-corrected chi connectivity index (χ3v) is 2.91. The molecule has 8 nitrogen and oxygen atoms in total. The van der Waals surface area contributed by atoms with Crippen LogP contribution in [0.25, 0.3) is 11.5 Å². The fourth-order valence-electron chi connectivity index (χ4n) is 1.89. The van der Waals surface area contributed by atoms with Crippen LogP contribution in [0.2, 0.25) is 0 Å². The van der Waals surface area contributed by atoms with Gasteiger partial charge in [0.05, 0.1) is 12.8 Å².